The molecule has 5 aliphatic rings. The van der Waals surface area contributed by atoms with E-state index in [0.29, 0.717) is 44.1 Å². The van der Waals surface area contributed by atoms with Crippen LogP contribution in [0.4, 0.5) is 13.2 Å². The van der Waals surface area contributed by atoms with Crippen molar-refractivity contribution in [3.05, 3.63) is 34.3 Å². The molecule has 2 aliphatic heterocycles. The van der Waals surface area contributed by atoms with E-state index >= 15 is 9.59 Å². The SMILES string of the molecule is CC[C@H](C)[C@@H]1NC(=O)[C@H](C)N(C)C(=O)C[C@@H](C)NC(=O)[C@H](C2CCCCC2)N(C)C(=O)C2(CCCC2)NC(=O)[C@@H]2CCCN2C(=O)[C@H](CCc2ccc(C(F)(F)F)c(Cl)c2)NC(=O)CN(C)C(=O)[C@H](CC2CCCCC2)N(C)C(=O)CN(C)C(=O)CN(C)C1=O. The standard InChI is InChI=1S/C64H97ClF3N11O11/c1-11-39(2)54-61(89)75(7)37-52(82)73(5)38-53(83)77(9)49(35-42-21-14-12-15-22-42)60(88)74(6)36-50(80)70-47(29-27-43-26-28-45(46(65)34-43)64(66,67)68)59(87)79-32-20-25-48(79)57(85)72-63(30-18-19-31-63)62(90)78(10)55(44-23-16-13-17-24-44)58(86)69-40(3)33-51(81)76(8)41(4)56(84)71-54/h26,28,34,39-42,44,47-49,54-55H,11-25,27,29-33,35-38H2,1-10H3,(H,69,86)(H,70,80)(H,71,84)(H,72,85)/t39-,40+,41-,47-,48-,49-,54-,55-/m0/s1. The van der Waals surface area contributed by atoms with E-state index in [1.165, 1.54) is 67.8 Å². The number of alkyl halides is 3. The second-order valence-corrected chi connectivity index (χ2v) is 26.7. The Morgan fingerprint density at radius 2 is 1.26 bits per heavy atom. The predicted octanol–water partition coefficient (Wildman–Crippen LogP) is 5.06. The van der Waals surface area contributed by atoms with E-state index < -0.39 is 155 Å². The number of hydrogen-bond donors (Lipinski definition) is 4. The predicted molar refractivity (Wildman–Crippen MR) is 330 cm³/mol. The summed E-state index contributed by atoms with van der Waals surface area (Å²) in [5, 5.41) is 11.0. The number of benzene rings is 1. The van der Waals surface area contributed by atoms with Gasteiger partial charge < -0.3 is 55.6 Å². The molecule has 0 unspecified atom stereocenters. The van der Waals surface area contributed by atoms with Gasteiger partial charge in [0.15, 0.2) is 0 Å². The molecule has 11 amide bonds. The first kappa shape index (κ1) is 72.5. The summed E-state index contributed by atoms with van der Waals surface area (Å²) in [5.41, 5.74) is -2.22. The normalized spacial score (nSPS) is 27.4. The van der Waals surface area contributed by atoms with Gasteiger partial charge in [-0.3, -0.25) is 52.7 Å². The Bertz CT molecular complexity index is 2770. The molecule has 502 valence electrons. The number of likely N-dealkylation sites (N-methyl/N-ethyl adjacent to an activating group) is 6. The number of fused-ring (bicyclic) bond motifs is 1. The summed E-state index contributed by atoms with van der Waals surface area (Å²) in [4.78, 5) is 168. The first-order valence-electron chi connectivity index (χ1n) is 32.3. The van der Waals surface area contributed by atoms with Crippen molar-refractivity contribution in [2.24, 2.45) is 17.8 Å². The van der Waals surface area contributed by atoms with Crippen LogP contribution in [-0.4, -0.2) is 216 Å². The molecule has 3 saturated carbocycles. The van der Waals surface area contributed by atoms with Gasteiger partial charge in [0.05, 0.1) is 30.2 Å². The molecule has 0 bridgehead atoms. The van der Waals surface area contributed by atoms with Crippen molar-refractivity contribution in [2.75, 3.05) is 68.5 Å². The molecule has 2 heterocycles. The zero-order valence-corrected chi connectivity index (χ0v) is 55.1. The lowest BCUT2D eigenvalue weighted by Crippen LogP contribution is -2.64. The molecule has 3 aliphatic carbocycles. The molecule has 2 saturated heterocycles. The molecule has 1 aromatic rings. The van der Waals surface area contributed by atoms with E-state index in [4.69, 9.17) is 11.6 Å². The Morgan fingerprint density at radius 1 is 0.644 bits per heavy atom. The topological polar surface area (TPSA) is 259 Å². The summed E-state index contributed by atoms with van der Waals surface area (Å²) in [6.07, 6.45) is 5.83. The number of carbonyl (C=O) groups excluding carboxylic acids is 11. The summed E-state index contributed by atoms with van der Waals surface area (Å²) >= 11 is 6.12. The Kier molecular flexibility index (Phi) is 25.9. The zero-order chi connectivity index (χ0) is 66.5. The van der Waals surface area contributed by atoms with Crippen LogP contribution in [0.15, 0.2) is 18.2 Å². The fraction of sp³-hybridized carbons (Fsp3) is 0.734. The van der Waals surface area contributed by atoms with Crippen LogP contribution in [0.1, 0.15) is 167 Å². The number of hydrogen-bond acceptors (Lipinski definition) is 11. The van der Waals surface area contributed by atoms with Crippen LogP contribution in [0.3, 0.4) is 0 Å². The number of nitrogens with one attached hydrogen (secondary N) is 4. The molecule has 90 heavy (non-hydrogen) atoms. The van der Waals surface area contributed by atoms with Crippen molar-refractivity contribution in [2.45, 2.75) is 217 Å². The van der Waals surface area contributed by atoms with Gasteiger partial charge in [0.2, 0.25) is 65.0 Å². The first-order chi connectivity index (χ1) is 42.4. The Labute approximate surface area is 533 Å². The summed E-state index contributed by atoms with van der Waals surface area (Å²) in [5.74, 6) is -7.37. The Morgan fingerprint density at radius 3 is 1.87 bits per heavy atom. The van der Waals surface area contributed by atoms with Crippen LogP contribution in [0.5, 0.6) is 0 Å². The lowest BCUT2D eigenvalue weighted by molar-refractivity contribution is -0.150. The van der Waals surface area contributed by atoms with Crippen LogP contribution < -0.4 is 21.3 Å². The average Bonchev–Trinajstić information content (AvgIpc) is 1.51. The highest BCUT2D eigenvalue weighted by atomic mass is 35.5. The van der Waals surface area contributed by atoms with Crippen molar-refractivity contribution in [3.8, 4) is 0 Å². The van der Waals surface area contributed by atoms with Gasteiger partial charge in [0.1, 0.15) is 41.8 Å². The molecule has 0 radical (unpaired) electrons. The van der Waals surface area contributed by atoms with E-state index in [9.17, 15) is 56.3 Å². The van der Waals surface area contributed by atoms with Crippen molar-refractivity contribution < 1.29 is 65.9 Å². The molecule has 8 atom stereocenters. The van der Waals surface area contributed by atoms with Gasteiger partial charge in [-0.2, -0.15) is 13.2 Å². The molecular weight excluding hydrogens is 1190 g/mol. The molecular formula is C64H97ClF3N11O11. The largest absolute Gasteiger partial charge is 0.417 e. The van der Waals surface area contributed by atoms with E-state index in [2.05, 4.69) is 21.3 Å². The van der Waals surface area contributed by atoms with Crippen LogP contribution in [0, 0.1) is 17.8 Å². The highest BCUT2D eigenvalue weighted by molar-refractivity contribution is 6.31. The average molecular weight is 1290 g/mol. The fourth-order valence-corrected chi connectivity index (χ4v) is 13.9. The number of aryl methyl sites for hydroxylation is 1. The minimum absolute atomic E-state index is 0.0374. The number of carbonyl (C=O) groups is 11. The second kappa shape index (κ2) is 32.2. The van der Waals surface area contributed by atoms with Crippen molar-refractivity contribution in [1.29, 1.82) is 0 Å². The van der Waals surface area contributed by atoms with Crippen LogP contribution in [-0.2, 0) is 65.3 Å². The van der Waals surface area contributed by atoms with Crippen molar-refractivity contribution in [1.82, 2.24) is 55.6 Å². The van der Waals surface area contributed by atoms with Crippen LogP contribution in [0.2, 0.25) is 5.02 Å². The lowest BCUT2D eigenvalue weighted by atomic mass is 9.82. The van der Waals surface area contributed by atoms with Gasteiger partial charge in [0.25, 0.3) is 0 Å². The van der Waals surface area contributed by atoms with Crippen molar-refractivity contribution >= 4 is 76.6 Å². The maximum atomic E-state index is 15.2. The summed E-state index contributed by atoms with van der Waals surface area (Å²) in [6.45, 7) is 5.21. The van der Waals surface area contributed by atoms with Gasteiger partial charge in [0, 0.05) is 61.3 Å². The molecule has 22 nitrogen and oxygen atoms in total. The summed E-state index contributed by atoms with van der Waals surface area (Å²) in [7, 11) is 8.58. The first-order valence-corrected chi connectivity index (χ1v) is 32.7. The van der Waals surface area contributed by atoms with E-state index in [0.717, 1.165) is 78.2 Å². The molecule has 26 heteroatoms. The minimum Gasteiger partial charge on any atom is -0.351 e. The minimum atomic E-state index is -4.74. The van der Waals surface area contributed by atoms with Gasteiger partial charge in [-0.1, -0.05) is 102 Å². The Hall–Kier alpha value is -6.53. The molecule has 6 rings (SSSR count). The van der Waals surface area contributed by atoms with E-state index in [-0.39, 0.29) is 63.3 Å². The number of rotatable bonds is 8. The maximum Gasteiger partial charge on any atom is 0.417 e. The molecule has 5 fully saturated rings. The van der Waals surface area contributed by atoms with E-state index in [1.54, 1.807) is 20.9 Å². The van der Waals surface area contributed by atoms with Gasteiger partial charge >= 0.3 is 6.18 Å². The van der Waals surface area contributed by atoms with Crippen LogP contribution >= 0.6 is 11.6 Å². The number of nitrogens with zero attached hydrogens (tertiary/aromatic N) is 7. The van der Waals surface area contributed by atoms with Crippen molar-refractivity contribution in [3.63, 3.8) is 0 Å². The monoisotopic (exact) mass is 1290 g/mol. The second-order valence-electron chi connectivity index (χ2n) is 26.3. The van der Waals surface area contributed by atoms with Gasteiger partial charge in [-0.25, -0.2) is 0 Å². The van der Waals surface area contributed by atoms with Gasteiger partial charge in [-0.05, 0) is 107 Å². The molecule has 1 spiro atoms. The third-order valence-electron chi connectivity index (χ3n) is 19.6. The zero-order valence-electron chi connectivity index (χ0n) is 54.3. The molecule has 0 aromatic heterocycles. The third-order valence-corrected chi connectivity index (χ3v) is 19.9. The highest BCUT2D eigenvalue weighted by Crippen LogP contribution is 2.38. The molecule has 1 aromatic carbocycles. The quantitative estimate of drug-likeness (QED) is 0.268. The van der Waals surface area contributed by atoms with Crippen LogP contribution in [0.25, 0.3) is 0 Å². The third kappa shape index (κ3) is 18.4. The smallest absolute Gasteiger partial charge is 0.351 e. The number of amides is 11. The lowest BCUT2D eigenvalue weighted by Gasteiger charge is -2.41. The summed E-state index contributed by atoms with van der Waals surface area (Å²) < 4.78 is 41.3. The molecule has 4 N–H and O–H groups in total. The number of halogens is 4. The summed E-state index contributed by atoms with van der Waals surface area (Å²) in [6, 6.07) is -4.46. The van der Waals surface area contributed by atoms with E-state index in [1.807, 2.05) is 6.92 Å². The van der Waals surface area contributed by atoms with Gasteiger partial charge in [-0.15, -0.1) is 0 Å². The Balaban J connectivity index is 1.35. The highest BCUT2D eigenvalue weighted by Gasteiger charge is 2.50. The maximum absolute atomic E-state index is 15.2. The fourth-order valence-electron chi connectivity index (χ4n) is 13.6.